The molecule has 2 unspecified atom stereocenters. The first-order chi connectivity index (χ1) is 20.2. The number of aryl methyl sites for hydroxylation is 1. The lowest BCUT2D eigenvalue weighted by molar-refractivity contribution is 0.0784. The first-order valence-electron chi connectivity index (χ1n) is 14.3. The number of thiazole rings is 1. The van der Waals surface area contributed by atoms with Crippen LogP contribution in [0.4, 0.5) is 0 Å². The zero-order chi connectivity index (χ0) is 30.1. The topological polar surface area (TPSA) is 94.6 Å². The lowest BCUT2D eigenvalue weighted by Gasteiger charge is -2.25. The maximum absolute atomic E-state index is 13.4. The van der Waals surface area contributed by atoms with Crippen molar-refractivity contribution in [2.24, 2.45) is 0 Å². The van der Waals surface area contributed by atoms with E-state index in [2.05, 4.69) is 53.7 Å². The molecular weight excluding hydrogens is 544 g/mol. The van der Waals surface area contributed by atoms with Crippen molar-refractivity contribution in [1.82, 2.24) is 20.5 Å². The number of amides is 2. The van der Waals surface area contributed by atoms with Crippen molar-refractivity contribution in [3.63, 3.8) is 0 Å². The van der Waals surface area contributed by atoms with Crippen molar-refractivity contribution < 1.29 is 14.7 Å². The highest BCUT2D eigenvalue weighted by Crippen LogP contribution is 2.17. The molecule has 0 bridgehead atoms. The molecule has 4 aromatic rings. The fourth-order valence-electron chi connectivity index (χ4n) is 4.74. The molecule has 0 saturated carbocycles. The van der Waals surface area contributed by atoms with Crippen molar-refractivity contribution >= 4 is 23.2 Å². The van der Waals surface area contributed by atoms with Gasteiger partial charge in [-0.25, -0.2) is 4.98 Å². The Balaban J connectivity index is 1.42. The van der Waals surface area contributed by atoms with Gasteiger partial charge in [0.25, 0.3) is 11.8 Å². The number of hydrogen-bond donors (Lipinski definition) is 3. The van der Waals surface area contributed by atoms with Gasteiger partial charge in [-0.15, -0.1) is 11.3 Å². The second-order valence-corrected chi connectivity index (χ2v) is 11.9. The van der Waals surface area contributed by atoms with Crippen LogP contribution in [0.3, 0.4) is 0 Å². The second-order valence-electron chi connectivity index (χ2n) is 11.0. The smallest absolute Gasteiger partial charge is 0.253 e. The molecule has 0 saturated heterocycles. The van der Waals surface area contributed by atoms with Crippen molar-refractivity contribution in [2.75, 3.05) is 13.6 Å². The van der Waals surface area contributed by atoms with E-state index in [-0.39, 0.29) is 11.8 Å². The molecule has 0 aliphatic carbocycles. The SMILES string of the molecule is Cc1csc(CN(C)C(=O)c2cccc(C(=O)NC(Cc3ccccc3)C(O)CNCc3cccc(C(C)C)c3)c2)n1. The van der Waals surface area contributed by atoms with Crippen LogP contribution < -0.4 is 10.6 Å². The third-order valence-corrected chi connectivity index (χ3v) is 8.09. The number of carbonyl (C=O) groups excluding carboxylic acids is 2. The molecule has 0 aliphatic heterocycles. The Kier molecular flexibility index (Phi) is 11.0. The summed E-state index contributed by atoms with van der Waals surface area (Å²) < 4.78 is 0. The highest BCUT2D eigenvalue weighted by atomic mass is 32.1. The Morgan fingerprint density at radius 3 is 2.38 bits per heavy atom. The van der Waals surface area contributed by atoms with Crippen LogP contribution in [0.5, 0.6) is 0 Å². The fourth-order valence-corrected chi connectivity index (χ4v) is 5.56. The maximum atomic E-state index is 13.4. The molecule has 3 aromatic carbocycles. The standard InChI is InChI=1S/C34H40N4O3S/c1-23(2)27-13-8-12-26(16-27)19-35-20-31(39)30(17-25-10-6-5-7-11-25)37-33(40)28-14-9-15-29(18-28)34(41)38(4)21-32-36-24(3)22-42-32/h5-16,18,22-23,30-31,35,39H,17,19-21H2,1-4H3,(H,37,40). The highest BCUT2D eigenvalue weighted by molar-refractivity contribution is 7.09. The minimum absolute atomic E-state index is 0.191. The zero-order valence-corrected chi connectivity index (χ0v) is 25.5. The number of aromatic nitrogens is 1. The van der Waals surface area contributed by atoms with E-state index in [1.807, 2.05) is 42.6 Å². The number of nitrogens with one attached hydrogen (secondary N) is 2. The highest BCUT2D eigenvalue weighted by Gasteiger charge is 2.23. The van der Waals surface area contributed by atoms with Gasteiger partial charge in [0.15, 0.2) is 0 Å². The van der Waals surface area contributed by atoms with Crippen molar-refractivity contribution in [2.45, 2.75) is 58.3 Å². The Bertz CT molecular complexity index is 1470. The van der Waals surface area contributed by atoms with Crippen LogP contribution in [0.1, 0.15) is 67.9 Å². The molecule has 0 aliphatic rings. The summed E-state index contributed by atoms with van der Waals surface area (Å²) in [5.41, 5.74) is 5.14. The van der Waals surface area contributed by atoms with E-state index in [0.717, 1.165) is 21.8 Å². The zero-order valence-electron chi connectivity index (χ0n) is 24.7. The minimum atomic E-state index is -0.833. The van der Waals surface area contributed by atoms with Gasteiger partial charge >= 0.3 is 0 Å². The normalized spacial score (nSPS) is 12.6. The van der Waals surface area contributed by atoms with E-state index < -0.39 is 12.1 Å². The fraction of sp³-hybridized carbons (Fsp3) is 0.324. The average molecular weight is 585 g/mol. The Morgan fingerprint density at radius 1 is 0.952 bits per heavy atom. The van der Waals surface area contributed by atoms with Crippen molar-refractivity contribution in [3.8, 4) is 0 Å². The lowest BCUT2D eigenvalue weighted by Crippen LogP contribution is -2.48. The van der Waals surface area contributed by atoms with E-state index in [1.54, 1.807) is 36.2 Å². The average Bonchev–Trinajstić information content (AvgIpc) is 3.41. The number of rotatable bonds is 13. The summed E-state index contributed by atoms with van der Waals surface area (Å²) in [5.74, 6) is -0.0888. The molecule has 4 rings (SSSR count). The third-order valence-electron chi connectivity index (χ3n) is 7.14. The molecule has 1 heterocycles. The number of aliphatic hydroxyl groups excluding tert-OH is 1. The van der Waals surface area contributed by atoms with Gasteiger partial charge in [-0.2, -0.15) is 0 Å². The first kappa shape index (κ1) is 31.1. The third kappa shape index (κ3) is 8.82. The summed E-state index contributed by atoms with van der Waals surface area (Å²) in [6.45, 7) is 7.58. The van der Waals surface area contributed by atoms with Gasteiger partial charge in [0.1, 0.15) is 5.01 Å². The maximum Gasteiger partial charge on any atom is 0.253 e. The quantitative estimate of drug-likeness (QED) is 0.197. The van der Waals surface area contributed by atoms with Crippen LogP contribution in [0.25, 0.3) is 0 Å². The van der Waals surface area contributed by atoms with Crippen LogP contribution in [0.2, 0.25) is 0 Å². The molecule has 0 fully saturated rings. The van der Waals surface area contributed by atoms with Crippen molar-refractivity contribution in [3.05, 3.63) is 123 Å². The second kappa shape index (κ2) is 14.9. The molecule has 8 heteroatoms. The predicted molar refractivity (Wildman–Crippen MR) is 169 cm³/mol. The molecular formula is C34H40N4O3S. The summed E-state index contributed by atoms with van der Waals surface area (Å²) in [6, 6.07) is 24.4. The van der Waals surface area contributed by atoms with Crippen LogP contribution in [0, 0.1) is 6.92 Å². The molecule has 42 heavy (non-hydrogen) atoms. The predicted octanol–water partition coefficient (Wildman–Crippen LogP) is 5.34. The first-order valence-corrected chi connectivity index (χ1v) is 15.2. The molecule has 2 amide bonds. The van der Waals surface area contributed by atoms with Gasteiger partial charge in [0.2, 0.25) is 0 Å². The van der Waals surface area contributed by atoms with Crippen molar-refractivity contribution in [1.29, 1.82) is 0 Å². The molecule has 1 aromatic heterocycles. The summed E-state index contributed by atoms with van der Waals surface area (Å²) in [7, 11) is 1.73. The minimum Gasteiger partial charge on any atom is -0.390 e. The molecule has 0 spiro atoms. The van der Waals surface area contributed by atoms with Gasteiger partial charge in [-0.1, -0.05) is 74.5 Å². The molecule has 0 radical (unpaired) electrons. The Labute approximate surface area is 252 Å². The lowest BCUT2D eigenvalue weighted by atomic mass is 9.99. The van der Waals surface area contributed by atoms with Crippen LogP contribution in [0.15, 0.2) is 84.2 Å². The van der Waals surface area contributed by atoms with E-state index in [4.69, 9.17) is 0 Å². The van der Waals surface area contributed by atoms with E-state index in [0.29, 0.717) is 43.1 Å². The van der Waals surface area contributed by atoms with Crippen LogP contribution in [-0.4, -0.2) is 52.5 Å². The van der Waals surface area contributed by atoms with Crippen LogP contribution in [-0.2, 0) is 19.5 Å². The monoisotopic (exact) mass is 584 g/mol. The number of aliphatic hydroxyl groups is 1. The summed E-state index contributed by atoms with van der Waals surface area (Å²) >= 11 is 1.52. The largest absolute Gasteiger partial charge is 0.390 e. The van der Waals surface area contributed by atoms with Gasteiger partial charge < -0.3 is 20.6 Å². The van der Waals surface area contributed by atoms with E-state index >= 15 is 0 Å². The number of carbonyl (C=O) groups is 2. The van der Waals surface area contributed by atoms with E-state index in [9.17, 15) is 14.7 Å². The van der Waals surface area contributed by atoms with Crippen LogP contribution >= 0.6 is 11.3 Å². The molecule has 7 nitrogen and oxygen atoms in total. The van der Waals surface area contributed by atoms with Gasteiger partial charge in [-0.05, 0) is 54.2 Å². The van der Waals surface area contributed by atoms with Gasteiger partial charge in [0.05, 0.1) is 18.7 Å². The summed E-state index contributed by atoms with van der Waals surface area (Å²) in [5, 5.41) is 20.4. The Hall–Kier alpha value is -3.85. The Morgan fingerprint density at radius 2 is 1.67 bits per heavy atom. The molecule has 220 valence electrons. The van der Waals surface area contributed by atoms with E-state index in [1.165, 1.54) is 16.9 Å². The molecule has 3 N–H and O–H groups in total. The summed E-state index contributed by atoms with van der Waals surface area (Å²) in [4.78, 5) is 32.6. The number of benzene rings is 3. The van der Waals surface area contributed by atoms with Gasteiger partial charge in [-0.3, -0.25) is 9.59 Å². The summed E-state index contributed by atoms with van der Waals surface area (Å²) in [6.07, 6.45) is -0.368. The number of hydrogen-bond acceptors (Lipinski definition) is 6. The number of nitrogens with zero attached hydrogens (tertiary/aromatic N) is 2. The van der Waals surface area contributed by atoms with Gasteiger partial charge in [0, 0.05) is 42.3 Å². The molecule has 2 atom stereocenters.